The Kier molecular flexibility index (Phi) is 7.19. The number of hydrogen-bond donors (Lipinski definition) is 3. The van der Waals surface area contributed by atoms with Gasteiger partial charge in [0.25, 0.3) is 5.91 Å². The van der Waals surface area contributed by atoms with Crippen LogP contribution in [0.4, 0.5) is 0 Å². The van der Waals surface area contributed by atoms with Crippen LogP contribution in [-0.4, -0.2) is 32.0 Å². The number of carbonyl (C=O) groups is 2. The summed E-state index contributed by atoms with van der Waals surface area (Å²) in [4.78, 5) is 23.4. The summed E-state index contributed by atoms with van der Waals surface area (Å²) < 4.78 is 0. The van der Waals surface area contributed by atoms with Crippen LogP contribution in [0.3, 0.4) is 0 Å². The van der Waals surface area contributed by atoms with Crippen LogP contribution < -0.4 is 16.0 Å². The molecule has 0 atom stereocenters. The second kappa shape index (κ2) is 8.64. The average Bonchev–Trinajstić information content (AvgIpc) is 2.53. The van der Waals surface area contributed by atoms with Gasteiger partial charge in [-0.3, -0.25) is 9.59 Å². The normalized spacial score (nSPS) is 14.9. The van der Waals surface area contributed by atoms with Crippen molar-refractivity contribution in [1.29, 1.82) is 0 Å². The molecule has 5 nitrogen and oxygen atoms in total. The van der Waals surface area contributed by atoms with Crippen LogP contribution in [0.1, 0.15) is 28.8 Å². The highest BCUT2D eigenvalue weighted by Crippen LogP contribution is 2.12. The van der Waals surface area contributed by atoms with Crippen molar-refractivity contribution in [2.24, 2.45) is 5.92 Å². The molecule has 3 N–H and O–H groups in total. The van der Waals surface area contributed by atoms with Gasteiger partial charge in [-0.25, -0.2) is 0 Å². The van der Waals surface area contributed by atoms with Crippen LogP contribution in [0, 0.1) is 5.92 Å². The zero-order valence-electron chi connectivity index (χ0n) is 12.1. The van der Waals surface area contributed by atoms with E-state index in [-0.39, 0.29) is 30.1 Å². The van der Waals surface area contributed by atoms with E-state index in [1.165, 1.54) is 0 Å². The van der Waals surface area contributed by atoms with Gasteiger partial charge in [-0.15, -0.1) is 12.4 Å². The molecule has 1 fully saturated rings. The fraction of sp³-hybridized carbons (Fsp3) is 0.467. The number of benzene rings is 1. The van der Waals surface area contributed by atoms with Crippen molar-refractivity contribution in [3.63, 3.8) is 0 Å². The van der Waals surface area contributed by atoms with Crippen LogP contribution in [0.5, 0.6) is 0 Å². The number of halogens is 1. The van der Waals surface area contributed by atoms with Gasteiger partial charge in [0.05, 0.1) is 0 Å². The first-order valence-corrected chi connectivity index (χ1v) is 7.00. The molecule has 0 aliphatic carbocycles. The van der Waals surface area contributed by atoms with Crippen LogP contribution in [-0.2, 0) is 11.3 Å². The van der Waals surface area contributed by atoms with Crippen molar-refractivity contribution in [2.45, 2.75) is 19.4 Å². The third kappa shape index (κ3) is 5.02. The summed E-state index contributed by atoms with van der Waals surface area (Å²) in [5, 5.41) is 8.79. The summed E-state index contributed by atoms with van der Waals surface area (Å²) in [5.74, 6) is 0.151. The molecule has 0 spiro atoms. The first-order chi connectivity index (χ1) is 9.70. The Morgan fingerprint density at radius 2 is 1.81 bits per heavy atom. The Labute approximate surface area is 131 Å². The van der Waals surface area contributed by atoms with E-state index in [4.69, 9.17) is 0 Å². The molecule has 2 rings (SSSR count). The number of piperidine rings is 1. The summed E-state index contributed by atoms with van der Waals surface area (Å²) >= 11 is 0. The summed E-state index contributed by atoms with van der Waals surface area (Å²) in [7, 11) is 1.61. The minimum atomic E-state index is -0.102. The lowest BCUT2D eigenvalue weighted by Crippen LogP contribution is -2.37. The first kappa shape index (κ1) is 17.5. The summed E-state index contributed by atoms with van der Waals surface area (Å²) in [6, 6.07) is 7.27. The molecule has 0 unspecified atom stereocenters. The third-order valence-electron chi connectivity index (χ3n) is 3.62. The number of hydrogen-bond acceptors (Lipinski definition) is 3. The summed E-state index contributed by atoms with van der Waals surface area (Å²) in [6.07, 6.45) is 1.81. The molecule has 0 bridgehead atoms. The molecule has 1 aliphatic heterocycles. The third-order valence-corrected chi connectivity index (χ3v) is 3.62. The smallest absolute Gasteiger partial charge is 0.251 e. The van der Waals surface area contributed by atoms with E-state index in [0.717, 1.165) is 31.5 Å². The molecule has 2 amide bonds. The lowest BCUT2D eigenvalue weighted by atomic mass is 9.97. The topological polar surface area (TPSA) is 70.2 Å². The van der Waals surface area contributed by atoms with E-state index >= 15 is 0 Å². The standard InChI is InChI=1S/C15H21N3O2.ClH/c1-16-14(19)12-4-2-11(3-5-12)10-18-15(20)13-6-8-17-9-7-13;/h2-5,13,17H,6-10H2,1H3,(H,16,19)(H,18,20);1H. The fourth-order valence-electron chi connectivity index (χ4n) is 2.34. The molecule has 1 aromatic carbocycles. The molecule has 1 saturated heterocycles. The minimum absolute atomic E-state index is 0. The van der Waals surface area contributed by atoms with Crippen molar-refractivity contribution >= 4 is 24.2 Å². The highest BCUT2D eigenvalue weighted by Gasteiger charge is 2.20. The number of carbonyl (C=O) groups excluding carboxylic acids is 2. The first-order valence-electron chi connectivity index (χ1n) is 7.00. The summed E-state index contributed by atoms with van der Waals surface area (Å²) in [5.41, 5.74) is 1.63. The molecule has 0 radical (unpaired) electrons. The lowest BCUT2D eigenvalue weighted by molar-refractivity contribution is -0.125. The Morgan fingerprint density at radius 1 is 1.19 bits per heavy atom. The van der Waals surface area contributed by atoms with Crippen molar-refractivity contribution < 1.29 is 9.59 Å². The Balaban J connectivity index is 0.00000220. The van der Waals surface area contributed by atoms with E-state index in [0.29, 0.717) is 12.1 Å². The van der Waals surface area contributed by atoms with Crippen molar-refractivity contribution in [2.75, 3.05) is 20.1 Å². The van der Waals surface area contributed by atoms with Crippen molar-refractivity contribution in [1.82, 2.24) is 16.0 Å². The van der Waals surface area contributed by atoms with E-state index < -0.39 is 0 Å². The van der Waals surface area contributed by atoms with Gasteiger partial charge in [0.2, 0.25) is 5.91 Å². The molecule has 6 heteroatoms. The Bertz CT molecular complexity index is 470. The predicted octanol–water partition coefficient (Wildman–Crippen LogP) is 1.08. The number of amides is 2. The molecule has 116 valence electrons. The van der Waals surface area contributed by atoms with Crippen molar-refractivity contribution in [3.05, 3.63) is 35.4 Å². The maximum atomic E-state index is 12.0. The van der Waals surface area contributed by atoms with Gasteiger partial charge in [0, 0.05) is 25.1 Å². The predicted molar refractivity (Wildman–Crippen MR) is 84.5 cm³/mol. The quantitative estimate of drug-likeness (QED) is 0.779. The number of nitrogens with one attached hydrogen (secondary N) is 3. The molecular weight excluding hydrogens is 290 g/mol. The van der Waals surface area contributed by atoms with Crippen LogP contribution in [0.15, 0.2) is 24.3 Å². The van der Waals surface area contributed by atoms with Crippen molar-refractivity contribution in [3.8, 4) is 0 Å². The fourth-order valence-corrected chi connectivity index (χ4v) is 2.34. The van der Waals surface area contributed by atoms with Crippen LogP contribution in [0.25, 0.3) is 0 Å². The SMILES string of the molecule is CNC(=O)c1ccc(CNC(=O)C2CCNCC2)cc1.Cl. The van der Waals surface area contributed by atoms with E-state index in [1.807, 2.05) is 12.1 Å². The maximum absolute atomic E-state index is 12.0. The van der Waals surface area contributed by atoms with E-state index in [2.05, 4.69) is 16.0 Å². The molecule has 1 aromatic rings. The van der Waals surface area contributed by atoms with Gasteiger partial charge in [-0.1, -0.05) is 12.1 Å². The molecule has 21 heavy (non-hydrogen) atoms. The Hall–Kier alpha value is -1.59. The zero-order valence-corrected chi connectivity index (χ0v) is 13.0. The van der Waals surface area contributed by atoms with Gasteiger partial charge < -0.3 is 16.0 Å². The molecule has 0 aromatic heterocycles. The second-order valence-corrected chi connectivity index (χ2v) is 5.02. The highest BCUT2D eigenvalue weighted by atomic mass is 35.5. The second-order valence-electron chi connectivity index (χ2n) is 5.02. The maximum Gasteiger partial charge on any atom is 0.251 e. The monoisotopic (exact) mass is 311 g/mol. The number of rotatable bonds is 4. The lowest BCUT2D eigenvalue weighted by Gasteiger charge is -2.21. The Morgan fingerprint density at radius 3 is 2.38 bits per heavy atom. The van der Waals surface area contributed by atoms with E-state index in [1.54, 1.807) is 19.2 Å². The van der Waals surface area contributed by atoms with Gasteiger partial charge in [-0.05, 0) is 43.6 Å². The van der Waals surface area contributed by atoms with Gasteiger partial charge >= 0.3 is 0 Å². The van der Waals surface area contributed by atoms with E-state index in [9.17, 15) is 9.59 Å². The average molecular weight is 312 g/mol. The minimum Gasteiger partial charge on any atom is -0.355 e. The highest BCUT2D eigenvalue weighted by molar-refractivity contribution is 5.93. The van der Waals surface area contributed by atoms with Crippen LogP contribution >= 0.6 is 12.4 Å². The van der Waals surface area contributed by atoms with Gasteiger partial charge in [0.1, 0.15) is 0 Å². The largest absolute Gasteiger partial charge is 0.355 e. The molecule has 0 saturated carbocycles. The zero-order chi connectivity index (χ0) is 14.4. The molecule has 1 heterocycles. The van der Waals surface area contributed by atoms with Crippen LogP contribution in [0.2, 0.25) is 0 Å². The molecular formula is C15H22ClN3O2. The summed E-state index contributed by atoms with van der Waals surface area (Å²) in [6.45, 7) is 2.34. The van der Waals surface area contributed by atoms with Gasteiger partial charge in [0.15, 0.2) is 0 Å². The van der Waals surface area contributed by atoms with Gasteiger partial charge in [-0.2, -0.15) is 0 Å². The molecule has 1 aliphatic rings.